The minimum absolute atomic E-state index is 0.0380. The highest BCUT2D eigenvalue weighted by molar-refractivity contribution is 6.00. The van der Waals surface area contributed by atoms with Gasteiger partial charge in [-0.3, -0.25) is 9.36 Å². The summed E-state index contributed by atoms with van der Waals surface area (Å²) >= 11 is 0. The summed E-state index contributed by atoms with van der Waals surface area (Å²) in [4.78, 5) is 23.5. The lowest BCUT2D eigenvalue weighted by atomic mass is 9.96. The van der Waals surface area contributed by atoms with Gasteiger partial charge in [0.05, 0.1) is 5.52 Å². The zero-order chi connectivity index (χ0) is 13.3. The van der Waals surface area contributed by atoms with Crippen LogP contribution in [0.25, 0.3) is 11.1 Å². The van der Waals surface area contributed by atoms with E-state index in [2.05, 4.69) is 0 Å². The summed E-state index contributed by atoms with van der Waals surface area (Å²) < 4.78 is 6.41. The van der Waals surface area contributed by atoms with Crippen LogP contribution in [-0.2, 0) is 7.05 Å². The predicted molar refractivity (Wildman–Crippen MR) is 68.6 cm³/mol. The van der Waals surface area contributed by atoms with Gasteiger partial charge in [-0.1, -0.05) is 6.92 Å². The van der Waals surface area contributed by atoms with Crippen molar-refractivity contribution in [2.75, 3.05) is 6.54 Å². The number of ketones is 1. The van der Waals surface area contributed by atoms with Crippen LogP contribution in [0.4, 0.5) is 0 Å². The van der Waals surface area contributed by atoms with Crippen molar-refractivity contribution in [2.45, 2.75) is 13.3 Å². The lowest BCUT2D eigenvalue weighted by molar-refractivity contribution is 0.0925. The van der Waals surface area contributed by atoms with Gasteiger partial charge < -0.3 is 10.2 Å². The number of rotatable bonds is 4. The van der Waals surface area contributed by atoms with Crippen molar-refractivity contribution in [1.82, 2.24) is 4.57 Å². The van der Waals surface area contributed by atoms with Crippen molar-refractivity contribution in [1.29, 1.82) is 0 Å². The molecule has 2 aromatic rings. The van der Waals surface area contributed by atoms with Crippen LogP contribution in [-0.4, -0.2) is 16.9 Å². The minimum atomic E-state index is -0.426. The molecule has 0 aliphatic rings. The Morgan fingerprint density at radius 1 is 1.50 bits per heavy atom. The van der Waals surface area contributed by atoms with Gasteiger partial charge in [0, 0.05) is 18.5 Å². The molecule has 1 aromatic heterocycles. The van der Waals surface area contributed by atoms with E-state index >= 15 is 0 Å². The molecule has 96 valence electrons. The summed E-state index contributed by atoms with van der Waals surface area (Å²) in [6.07, 6.45) is 0.654. The second kappa shape index (κ2) is 4.78. The van der Waals surface area contributed by atoms with Crippen LogP contribution in [0.2, 0.25) is 0 Å². The number of fused-ring (bicyclic) bond motifs is 1. The molecular weight excluding hydrogens is 232 g/mol. The fourth-order valence-electron chi connectivity index (χ4n) is 1.95. The normalized spacial score (nSPS) is 12.8. The number of carbonyl (C=O) groups is 1. The highest BCUT2D eigenvalue weighted by Crippen LogP contribution is 2.18. The Bertz CT molecular complexity index is 639. The van der Waals surface area contributed by atoms with Gasteiger partial charge in [-0.25, -0.2) is 4.79 Å². The van der Waals surface area contributed by atoms with Gasteiger partial charge in [0.25, 0.3) is 0 Å². The van der Waals surface area contributed by atoms with Gasteiger partial charge in [-0.15, -0.1) is 0 Å². The first-order valence-corrected chi connectivity index (χ1v) is 5.88. The van der Waals surface area contributed by atoms with Gasteiger partial charge in [-0.05, 0) is 31.2 Å². The number of aryl methyl sites for hydroxylation is 1. The van der Waals surface area contributed by atoms with Gasteiger partial charge >= 0.3 is 5.76 Å². The molecule has 0 saturated carbocycles. The molecule has 5 heteroatoms. The molecule has 0 saturated heterocycles. The van der Waals surface area contributed by atoms with E-state index in [0.29, 0.717) is 29.6 Å². The molecule has 0 aliphatic carbocycles. The van der Waals surface area contributed by atoms with Crippen LogP contribution in [0, 0.1) is 5.92 Å². The third kappa shape index (κ3) is 2.09. The fourth-order valence-corrected chi connectivity index (χ4v) is 1.95. The maximum absolute atomic E-state index is 12.1. The quantitative estimate of drug-likeness (QED) is 0.827. The summed E-state index contributed by atoms with van der Waals surface area (Å²) in [6, 6.07) is 5.02. The predicted octanol–water partition coefficient (Wildman–Crippen LogP) is 1.30. The minimum Gasteiger partial charge on any atom is -0.408 e. The third-order valence-corrected chi connectivity index (χ3v) is 3.12. The second-order valence-electron chi connectivity index (χ2n) is 4.45. The zero-order valence-electron chi connectivity index (χ0n) is 10.5. The lowest BCUT2D eigenvalue weighted by Gasteiger charge is -2.08. The van der Waals surface area contributed by atoms with E-state index in [0.717, 1.165) is 0 Å². The van der Waals surface area contributed by atoms with Gasteiger partial charge in [0.2, 0.25) is 0 Å². The number of Topliss-reactive ketones (excluding diaryl/α,β-unsaturated/α-hetero) is 1. The maximum Gasteiger partial charge on any atom is 0.419 e. The summed E-state index contributed by atoms with van der Waals surface area (Å²) in [5.74, 6) is -0.503. The molecule has 2 N–H and O–H groups in total. The van der Waals surface area contributed by atoms with Crippen molar-refractivity contribution < 1.29 is 9.21 Å². The van der Waals surface area contributed by atoms with Crippen LogP contribution in [0.3, 0.4) is 0 Å². The molecule has 1 unspecified atom stereocenters. The van der Waals surface area contributed by atoms with Crippen molar-refractivity contribution in [3.63, 3.8) is 0 Å². The van der Waals surface area contributed by atoms with Crippen LogP contribution in [0.15, 0.2) is 27.4 Å². The number of oxazole rings is 1. The molecule has 0 aliphatic heterocycles. The van der Waals surface area contributed by atoms with Crippen LogP contribution in [0.1, 0.15) is 23.7 Å². The molecule has 1 aromatic carbocycles. The highest BCUT2D eigenvalue weighted by Gasteiger charge is 2.16. The fraction of sp³-hybridized carbons (Fsp3) is 0.385. The second-order valence-corrected chi connectivity index (χ2v) is 4.45. The molecule has 2 rings (SSSR count). The van der Waals surface area contributed by atoms with Crippen molar-refractivity contribution in [3.05, 3.63) is 34.3 Å². The SMILES string of the molecule is CC(CCN)C(=O)c1ccc2oc(=O)n(C)c2c1. The number of nitrogens with zero attached hydrogens (tertiary/aromatic N) is 1. The topological polar surface area (TPSA) is 78.2 Å². The molecule has 0 bridgehead atoms. The summed E-state index contributed by atoms with van der Waals surface area (Å²) in [5.41, 5.74) is 7.16. The number of hydrogen-bond acceptors (Lipinski definition) is 4. The highest BCUT2D eigenvalue weighted by atomic mass is 16.4. The van der Waals surface area contributed by atoms with Gasteiger partial charge in [0.15, 0.2) is 11.4 Å². The average Bonchev–Trinajstić information content (AvgIpc) is 2.64. The summed E-state index contributed by atoms with van der Waals surface area (Å²) in [6.45, 7) is 2.34. The van der Waals surface area contributed by atoms with Gasteiger partial charge in [-0.2, -0.15) is 0 Å². The van der Waals surface area contributed by atoms with Crippen LogP contribution < -0.4 is 11.5 Å². The maximum atomic E-state index is 12.1. The number of hydrogen-bond donors (Lipinski definition) is 1. The van der Waals surface area contributed by atoms with E-state index in [9.17, 15) is 9.59 Å². The Kier molecular flexibility index (Phi) is 3.34. The van der Waals surface area contributed by atoms with Crippen LogP contribution >= 0.6 is 0 Å². The first-order chi connectivity index (χ1) is 8.54. The van der Waals surface area contributed by atoms with Crippen molar-refractivity contribution in [2.24, 2.45) is 18.7 Å². The van der Waals surface area contributed by atoms with E-state index in [1.54, 1.807) is 25.2 Å². The molecule has 0 radical (unpaired) electrons. The Hall–Kier alpha value is -1.88. The summed E-state index contributed by atoms with van der Waals surface area (Å²) in [5, 5.41) is 0. The van der Waals surface area contributed by atoms with E-state index in [4.69, 9.17) is 10.2 Å². The Labute approximate surface area is 104 Å². The van der Waals surface area contributed by atoms with Crippen molar-refractivity contribution in [3.8, 4) is 0 Å². The van der Waals surface area contributed by atoms with Gasteiger partial charge in [0.1, 0.15) is 0 Å². The Morgan fingerprint density at radius 2 is 2.22 bits per heavy atom. The first-order valence-electron chi connectivity index (χ1n) is 5.88. The van der Waals surface area contributed by atoms with E-state index in [1.807, 2.05) is 6.92 Å². The number of carbonyl (C=O) groups excluding carboxylic acids is 1. The molecule has 1 heterocycles. The lowest BCUT2D eigenvalue weighted by Crippen LogP contribution is -2.15. The molecule has 5 nitrogen and oxygen atoms in total. The Morgan fingerprint density at radius 3 is 2.89 bits per heavy atom. The summed E-state index contributed by atoms with van der Waals surface area (Å²) in [7, 11) is 1.62. The third-order valence-electron chi connectivity index (χ3n) is 3.12. The van der Waals surface area contributed by atoms with E-state index < -0.39 is 5.76 Å². The largest absolute Gasteiger partial charge is 0.419 e. The molecule has 0 spiro atoms. The average molecular weight is 248 g/mol. The monoisotopic (exact) mass is 248 g/mol. The number of nitrogens with two attached hydrogens (primary N) is 1. The van der Waals surface area contributed by atoms with E-state index in [1.165, 1.54) is 4.57 Å². The molecule has 1 atom stereocenters. The smallest absolute Gasteiger partial charge is 0.408 e. The van der Waals surface area contributed by atoms with E-state index in [-0.39, 0.29) is 11.7 Å². The standard InChI is InChI=1S/C13H16N2O3/c1-8(5-6-14)12(16)9-3-4-11-10(7-9)15(2)13(17)18-11/h3-4,7-8H,5-6,14H2,1-2H3. The molecular formula is C13H16N2O3. The molecule has 18 heavy (non-hydrogen) atoms. The number of benzene rings is 1. The first kappa shape index (κ1) is 12.6. The van der Waals surface area contributed by atoms with Crippen LogP contribution in [0.5, 0.6) is 0 Å². The Balaban J connectivity index is 2.43. The van der Waals surface area contributed by atoms with Crippen molar-refractivity contribution >= 4 is 16.9 Å². The molecule has 0 fully saturated rings. The molecule has 0 amide bonds. The zero-order valence-corrected chi connectivity index (χ0v) is 10.5. The number of aromatic nitrogens is 1.